The van der Waals surface area contributed by atoms with E-state index in [2.05, 4.69) is 0 Å². The molecule has 5 heteroatoms. The van der Waals surface area contributed by atoms with E-state index in [1.807, 2.05) is 59.7 Å². The number of hydrogen-bond donors (Lipinski definition) is 0. The first-order valence-corrected chi connectivity index (χ1v) is 9.67. The van der Waals surface area contributed by atoms with Crippen LogP contribution in [0.4, 0.5) is 0 Å². The highest BCUT2D eigenvalue weighted by Crippen LogP contribution is 2.29. The molecule has 132 valence electrons. The third-order valence-corrected chi connectivity index (χ3v) is 5.23. The summed E-state index contributed by atoms with van der Waals surface area (Å²) in [6.45, 7) is 1.42. The van der Waals surface area contributed by atoms with Gasteiger partial charge in [0, 0.05) is 30.8 Å². The quantitative estimate of drug-likeness (QED) is 0.755. The van der Waals surface area contributed by atoms with E-state index in [9.17, 15) is 4.79 Å². The van der Waals surface area contributed by atoms with Crippen LogP contribution in [0.3, 0.4) is 0 Å². The molecule has 0 atom stereocenters. The topological polar surface area (TPSA) is 38.8 Å². The number of rotatable bonds is 5. The van der Waals surface area contributed by atoms with Gasteiger partial charge in [-0.25, -0.2) is 0 Å². The second-order valence-electron chi connectivity index (χ2n) is 5.96. The highest BCUT2D eigenvalue weighted by molar-refractivity contribution is 7.98. The molecule has 25 heavy (non-hydrogen) atoms. The van der Waals surface area contributed by atoms with Crippen molar-refractivity contribution in [3.63, 3.8) is 0 Å². The molecular formula is C20H23NO3S. The fraction of sp³-hybridized carbons (Fsp3) is 0.350. The van der Waals surface area contributed by atoms with Gasteiger partial charge in [-0.05, 0) is 30.5 Å². The summed E-state index contributed by atoms with van der Waals surface area (Å²) in [6, 6.07) is 15.5. The van der Waals surface area contributed by atoms with E-state index >= 15 is 0 Å². The van der Waals surface area contributed by atoms with Crippen LogP contribution in [0.1, 0.15) is 23.2 Å². The minimum atomic E-state index is 0.108. The fourth-order valence-corrected chi connectivity index (χ4v) is 3.65. The van der Waals surface area contributed by atoms with Crippen molar-refractivity contribution < 1.29 is 14.3 Å². The maximum atomic E-state index is 12.8. The van der Waals surface area contributed by atoms with E-state index in [-0.39, 0.29) is 12.0 Å². The number of carbonyl (C=O) groups is 1. The number of benzene rings is 2. The number of methoxy groups -OCH3 is 1. The smallest absolute Gasteiger partial charge is 0.254 e. The Balaban J connectivity index is 1.61. The van der Waals surface area contributed by atoms with E-state index < -0.39 is 0 Å². The van der Waals surface area contributed by atoms with Crippen LogP contribution >= 0.6 is 11.8 Å². The van der Waals surface area contributed by atoms with Crippen LogP contribution in [0, 0.1) is 0 Å². The number of amides is 1. The maximum absolute atomic E-state index is 12.8. The first kappa shape index (κ1) is 17.7. The molecule has 1 fully saturated rings. The second kappa shape index (κ2) is 8.30. The fourth-order valence-electron chi connectivity index (χ4n) is 3.06. The van der Waals surface area contributed by atoms with Gasteiger partial charge in [0.2, 0.25) is 0 Å². The van der Waals surface area contributed by atoms with Gasteiger partial charge in [-0.2, -0.15) is 0 Å². The lowest BCUT2D eigenvalue weighted by Gasteiger charge is -2.32. The van der Waals surface area contributed by atoms with Crippen molar-refractivity contribution in [1.82, 2.24) is 4.90 Å². The zero-order chi connectivity index (χ0) is 17.6. The average Bonchev–Trinajstić information content (AvgIpc) is 2.68. The summed E-state index contributed by atoms with van der Waals surface area (Å²) in [4.78, 5) is 15.8. The Hall–Kier alpha value is -2.14. The Morgan fingerprint density at radius 2 is 1.68 bits per heavy atom. The zero-order valence-electron chi connectivity index (χ0n) is 14.6. The predicted molar refractivity (Wildman–Crippen MR) is 101 cm³/mol. The molecule has 2 aromatic carbocycles. The van der Waals surface area contributed by atoms with Crippen LogP contribution < -0.4 is 9.47 Å². The van der Waals surface area contributed by atoms with Gasteiger partial charge in [-0.1, -0.05) is 24.3 Å². The van der Waals surface area contributed by atoms with Crippen molar-refractivity contribution >= 4 is 17.7 Å². The minimum absolute atomic E-state index is 0.108. The first-order valence-electron chi connectivity index (χ1n) is 8.45. The summed E-state index contributed by atoms with van der Waals surface area (Å²) in [5.41, 5.74) is 0.791. The molecule has 0 unspecified atom stereocenters. The number of hydrogen-bond acceptors (Lipinski definition) is 4. The van der Waals surface area contributed by atoms with Gasteiger partial charge >= 0.3 is 0 Å². The first-order chi connectivity index (χ1) is 12.2. The van der Waals surface area contributed by atoms with E-state index in [1.165, 1.54) is 0 Å². The normalized spacial score (nSPS) is 15.0. The van der Waals surface area contributed by atoms with Crippen LogP contribution in [0.2, 0.25) is 0 Å². The van der Waals surface area contributed by atoms with Crippen LogP contribution in [-0.2, 0) is 0 Å². The molecule has 0 bridgehead atoms. The van der Waals surface area contributed by atoms with Gasteiger partial charge in [0.05, 0.1) is 12.7 Å². The molecular weight excluding hydrogens is 334 g/mol. The summed E-state index contributed by atoms with van der Waals surface area (Å²) in [7, 11) is 1.65. The van der Waals surface area contributed by atoms with Crippen LogP contribution in [0.25, 0.3) is 0 Å². The summed E-state index contributed by atoms with van der Waals surface area (Å²) >= 11 is 1.61. The minimum Gasteiger partial charge on any atom is -0.493 e. The molecule has 0 aromatic heterocycles. The Kier molecular flexibility index (Phi) is 5.87. The zero-order valence-corrected chi connectivity index (χ0v) is 15.4. The Morgan fingerprint density at radius 3 is 2.36 bits per heavy atom. The molecule has 0 radical (unpaired) electrons. The predicted octanol–water partition coefficient (Wildman–Crippen LogP) is 4.10. The molecule has 0 N–H and O–H groups in total. The van der Waals surface area contributed by atoms with Crippen molar-refractivity contribution in [3.8, 4) is 11.5 Å². The van der Waals surface area contributed by atoms with Crippen LogP contribution in [0.5, 0.6) is 11.5 Å². The molecule has 1 saturated heterocycles. The van der Waals surface area contributed by atoms with Gasteiger partial charge in [-0.15, -0.1) is 11.8 Å². The monoisotopic (exact) mass is 357 g/mol. The molecule has 0 spiro atoms. The number of likely N-dealkylation sites (tertiary alicyclic amines) is 1. The van der Waals surface area contributed by atoms with Crippen molar-refractivity contribution in [3.05, 3.63) is 54.1 Å². The van der Waals surface area contributed by atoms with Crippen molar-refractivity contribution in [2.45, 2.75) is 23.8 Å². The second-order valence-corrected chi connectivity index (χ2v) is 6.81. The standard InChI is InChI=1S/C20H23NO3S/c1-23-17-8-4-5-9-18(17)24-15-11-13-21(14-12-15)20(22)16-7-3-6-10-19(16)25-2/h3-10,15H,11-14H2,1-2H3. The lowest BCUT2D eigenvalue weighted by atomic mass is 10.1. The number of carbonyl (C=O) groups excluding carboxylic acids is 1. The van der Waals surface area contributed by atoms with Gasteiger partial charge in [0.1, 0.15) is 6.10 Å². The Labute approximate surface area is 153 Å². The van der Waals surface area contributed by atoms with E-state index in [0.717, 1.165) is 34.8 Å². The van der Waals surface area contributed by atoms with Crippen LogP contribution in [-0.4, -0.2) is 43.4 Å². The van der Waals surface area contributed by atoms with Crippen molar-refractivity contribution in [1.29, 1.82) is 0 Å². The molecule has 0 aliphatic carbocycles. The number of ether oxygens (including phenoxy) is 2. The van der Waals surface area contributed by atoms with Crippen molar-refractivity contribution in [2.75, 3.05) is 26.5 Å². The summed E-state index contributed by atoms with van der Waals surface area (Å²) in [5.74, 6) is 1.62. The van der Waals surface area contributed by atoms with Crippen LogP contribution in [0.15, 0.2) is 53.4 Å². The largest absolute Gasteiger partial charge is 0.493 e. The molecule has 1 aliphatic heterocycles. The molecule has 0 saturated carbocycles. The van der Waals surface area contributed by atoms with E-state index in [4.69, 9.17) is 9.47 Å². The average molecular weight is 357 g/mol. The third-order valence-electron chi connectivity index (χ3n) is 4.43. The van der Waals surface area contributed by atoms with Gasteiger partial charge in [-0.3, -0.25) is 4.79 Å². The molecule has 1 amide bonds. The lowest BCUT2D eigenvalue weighted by Crippen LogP contribution is -2.42. The van der Waals surface area contributed by atoms with Gasteiger partial charge in [0.15, 0.2) is 11.5 Å². The number of nitrogens with zero attached hydrogens (tertiary/aromatic N) is 1. The molecule has 1 heterocycles. The number of piperidine rings is 1. The van der Waals surface area contributed by atoms with Crippen molar-refractivity contribution in [2.24, 2.45) is 0 Å². The summed E-state index contributed by atoms with van der Waals surface area (Å²) in [6.07, 6.45) is 3.76. The highest BCUT2D eigenvalue weighted by Gasteiger charge is 2.26. The summed E-state index contributed by atoms with van der Waals surface area (Å²) < 4.78 is 11.4. The molecule has 4 nitrogen and oxygen atoms in total. The van der Waals surface area contributed by atoms with E-state index in [1.54, 1.807) is 18.9 Å². The highest BCUT2D eigenvalue weighted by atomic mass is 32.2. The number of thioether (sulfide) groups is 1. The SMILES string of the molecule is COc1ccccc1OC1CCN(C(=O)c2ccccc2SC)CC1. The maximum Gasteiger partial charge on any atom is 0.254 e. The summed E-state index contributed by atoms with van der Waals surface area (Å²) in [5, 5.41) is 0. The number of para-hydroxylation sites is 2. The Bertz CT molecular complexity index is 726. The molecule has 2 aromatic rings. The molecule has 3 rings (SSSR count). The lowest BCUT2D eigenvalue weighted by molar-refractivity contribution is 0.0587. The van der Waals surface area contributed by atoms with E-state index in [0.29, 0.717) is 13.1 Å². The van der Waals surface area contributed by atoms with Gasteiger partial charge < -0.3 is 14.4 Å². The third kappa shape index (κ3) is 4.10. The van der Waals surface area contributed by atoms with Gasteiger partial charge in [0.25, 0.3) is 5.91 Å². The molecule has 1 aliphatic rings. The Morgan fingerprint density at radius 1 is 1.04 bits per heavy atom.